The highest BCUT2D eigenvalue weighted by Crippen LogP contribution is 2.23. The number of hydrogen-bond donors (Lipinski definition) is 2. The SMILES string of the molecule is O=C(NCCC1=CCNCC1)c1ccc(Cl)cc1[N+](=O)[O-]. The standard InChI is InChI=1S/C14H16ClN3O3/c15-11-1-2-12(13(9-11)18(20)21)14(19)17-8-5-10-3-6-16-7-4-10/h1-3,9,16H,4-8H2,(H,17,19). The number of nitrogens with zero attached hydrogens (tertiary/aromatic N) is 1. The Morgan fingerprint density at radius 2 is 2.29 bits per heavy atom. The van der Waals surface area contributed by atoms with Gasteiger partial charge in [-0.1, -0.05) is 23.3 Å². The van der Waals surface area contributed by atoms with Crippen molar-refractivity contribution in [3.63, 3.8) is 0 Å². The molecule has 6 nitrogen and oxygen atoms in total. The van der Waals surface area contributed by atoms with Crippen molar-refractivity contribution in [2.45, 2.75) is 12.8 Å². The van der Waals surface area contributed by atoms with Crippen LogP contribution < -0.4 is 10.6 Å². The van der Waals surface area contributed by atoms with Gasteiger partial charge in [-0.3, -0.25) is 14.9 Å². The van der Waals surface area contributed by atoms with Gasteiger partial charge in [0.2, 0.25) is 0 Å². The summed E-state index contributed by atoms with van der Waals surface area (Å²) in [5.74, 6) is -0.451. The Balaban J connectivity index is 1.97. The number of amides is 1. The van der Waals surface area contributed by atoms with Crippen LogP contribution in [0.2, 0.25) is 5.02 Å². The summed E-state index contributed by atoms with van der Waals surface area (Å²) in [5, 5.41) is 17.1. The van der Waals surface area contributed by atoms with Crippen molar-refractivity contribution < 1.29 is 9.72 Å². The van der Waals surface area contributed by atoms with Gasteiger partial charge in [0.15, 0.2) is 0 Å². The lowest BCUT2D eigenvalue weighted by Crippen LogP contribution is -2.27. The molecular weight excluding hydrogens is 294 g/mol. The van der Waals surface area contributed by atoms with Crippen molar-refractivity contribution in [1.82, 2.24) is 10.6 Å². The van der Waals surface area contributed by atoms with Crippen LogP contribution in [0.25, 0.3) is 0 Å². The molecule has 0 saturated carbocycles. The van der Waals surface area contributed by atoms with Crippen molar-refractivity contribution in [1.29, 1.82) is 0 Å². The maximum absolute atomic E-state index is 12.0. The zero-order valence-corrected chi connectivity index (χ0v) is 12.2. The van der Waals surface area contributed by atoms with Crippen LogP contribution in [0.3, 0.4) is 0 Å². The van der Waals surface area contributed by atoms with Crippen LogP contribution in [0, 0.1) is 10.1 Å². The predicted octanol–water partition coefficient (Wildman–Crippen LogP) is 2.29. The minimum absolute atomic E-state index is 0.0312. The molecule has 0 bridgehead atoms. The van der Waals surface area contributed by atoms with Gasteiger partial charge in [-0.25, -0.2) is 0 Å². The predicted molar refractivity (Wildman–Crippen MR) is 80.6 cm³/mol. The minimum atomic E-state index is -0.601. The van der Waals surface area contributed by atoms with Crippen LogP contribution in [0.1, 0.15) is 23.2 Å². The third-order valence-corrected chi connectivity index (χ3v) is 3.53. The van der Waals surface area contributed by atoms with E-state index < -0.39 is 10.8 Å². The molecule has 1 aliphatic heterocycles. The Morgan fingerprint density at radius 3 is 2.95 bits per heavy atom. The number of nitro groups is 1. The zero-order valence-electron chi connectivity index (χ0n) is 11.4. The molecule has 112 valence electrons. The summed E-state index contributed by atoms with van der Waals surface area (Å²) in [4.78, 5) is 22.4. The maximum Gasteiger partial charge on any atom is 0.283 e. The molecule has 1 amide bonds. The van der Waals surface area contributed by atoms with Gasteiger partial charge < -0.3 is 10.6 Å². The summed E-state index contributed by atoms with van der Waals surface area (Å²) in [6, 6.07) is 4.03. The number of rotatable bonds is 5. The fraction of sp³-hybridized carbons (Fsp3) is 0.357. The Morgan fingerprint density at radius 1 is 1.48 bits per heavy atom. The molecule has 1 aromatic carbocycles. The number of nitrogens with one attached hydrogen (secondary N) is 2. The third-order valence-electron chi connectivity index (χ3n) is 3.29. The molecule has 2 N–H and O–H groups in total. The van der Waals surface area contributed by atoms with Crippen molar-refractivity contribution in [2.75, 3.05) is 19.6 Å². The van der Waals surface area contributed by atoms with Gasteiger partial charge in [0.05, 0.1) is 4.92 Å². The summed E-state index contributed by atoms with van der Waals surface area (Å²) < 4.78 is 0. The molecule has 0 aromatic heterocycles. The Kier molecular flexibility index (Phi) is 5.30. The quantitative estimate of drug-likeness (QED) is 0.496. The van der Waals surface area contributed by atoms with Gasteiger partial charge >= 0.3 is 0 Å². The molecule has 1 aromatic rings. The number of nitro benzene ring substituents is 1. The zero-order chi connectivity index (χ0) is 15.2. The van der Waals surface area contributed by atoms with Crippen molar-refractivity contribution in [2.24, 2.45) is 0 Å². The fourth-order valence-electron chi connectivity index (χ4n) is 2.18. The average molecular weight is 310 g/mol. The van der Waals surface area contributed by atoms with Crippen molar-refractivity contribution >= 4 is 23.2 Å². The second kappa shape index (κ2) is 7.19. The van der Waals surface area contributed by atoms with E-state index in [1.54, 1.807) is 0 Å². The van der Waals surface area contributed by atoms with Gasteiger partial charge in [-0.15, -0.1) is 0 Å². The van der Waals surface area contributed by atoms with Gasteiger partial charge in [0.25, 0.3) is 11.6 Å². The highest BCUT2D eigenvalue weighted by atomic mass is 35.5. The average Bonchev–Trinajstić information content (AvgIpc) is 2.48. The highest BCUT2D eigenvalue weighted by Gasteiger charge is 2.20. The number of halogens is 1. The Bertz CT molecular complexity index is 587. The highest BCUT2D eigenvalue weighted by molar-refractivity contribution is 6.31. The lowest BCUT2D eigenvalue weighted by atomic mass is 10.1. The first kappa shape index (κ1) is 15.5. The topological polar surface area (TPSA) is 84.3 Å². The van der Waals surface area contributed by atoms with E-state index in [0.29, 0.717) is 6.54 Å². The van der Waals surface area contributed by atoms with Crippen molar-refractivity contribution in [3.8, 4) is 0 Å². The summed E-state index contributed by atoms with van der Waals surface area (Å²) in [5.41, 5.74) is 1.05. The third kappa shape index (κ3) is 4.27. The normalized spacial score (nSPS) is 14.4. The van der Waals surface area contributed by atoms with Crippen LogP contribution in [0.4, 0.5) is 5.69 Å². The summed E-state index contributed by atoms with van der Waals surface area (Å²) in [6.07, 6.45) is 3.84. The molecule has 0 spiro atoms. The molecule has 1 heterocycles. The molecule has 0 saturated heterocycles. The largest absolute Gasteiger partial charge is 0.351 e. The molecule has 2 rings (SSSR count). The molecule has 0 unspecified atom stereocenters. The molecule has 0 atom stereocenters. The van der Waals surface area contributed by atoms with Crippen LogP contribution in [-0.4, -0.2) is 30.5 Å². The second-order valence-corrected chi connectivity index (χ2v) is 5.18. The van der Waals surface area contributed by atoms with Gasteiger partial charge in [-0.2, -0.15) is 0 Å². The fourth-order valence-corrected chi connectivity index (χ4v) is 2.34. The summed E-state index contributed by atoms with van der Waals surface area (Å²) >= 11 is 5.72. The molecule has 21 heavy (non-hydrogen) atoms. The molecule has 0 radical (unpaired) electrons. The Hall–Kier alpha value is -1.92. The van der Waals surface area contributed by atoms with E-state index in [2.05, 4.69) is 16.7 Å². The molecule has 1 aliphatic rings. The van der Waals surface area contributed by atoms with E-state index in [-0.39, 0.29) is 16.3 Å². The van der Waals surface area contributed by atoms with Crippen LogP contribution in [0.15, 0.2) is 29.8 Å². The summed E-state index contributed by atoms with van der Waals surface area (Å²) in [6.45, 7) is 2.26. The maximum atomic E-state index is 12.0. The number of carbonyl (C=O) groups excluding carboxylic acids is 1. The minimum Gasteiger partial charge on any atom is -0.351 e. The lowest BCUT2D eigenvalue weighted by Gasteiger charge is -2.14. The van der Waals surface area contributed by atoms with Crippen LogP contribution in [-0.2, 0) is 0 Å². The van der Waals surface area contributed by atoms with E-state index >= 15 is 0 Å². The van der Waals surface area contributed by atoms with E-state index in [1.165, 1.54) is 23.8 Å². The van der Waals surface area contributed by atoms with Gasteiger partial charge in [-0.05, 0) is 31.5 Å². The number of hydrogen-bond acceptors (Lipinski definition) is 4. The van der Waals surface area contributed by atoms with E-state index in [0.717, 1.165) is 25.9 Å². The first-order chi connectivity index (χ1) is 10.1. The summed E-state index contributed by atoms with van der Waals surface area (Å²) in [7, 11) is 0. The van der Waals surface area contributed by atoms with E-state index in [1.807, 2.05) is 0 Å². The lowest BCUT2D eigenvalue weighted by molar-refractivity contribution is -0.385. The second-order valence-electron chi connectivity index (χ2n) is 4.74. The smallest absolute Gasteiger partial charge is 0.283 e. The van der Waals surface area contributed by atoms with Crippen LogP contribution >= 0.6 is 11.6 Å². The molecule has 7 heteroatoms. The monoisotopic (exact) mass is 309 g/mol. The van der Waals surface area contributed by atoms with E-state index in [4.69, 9.17) is 11.6 Å². The van der Waals surface area contributed by atoms with Gasteiger partial charge in [0, 0.05) is 24.2 Å². The number of benzene rings is 1. The van der Waals surface area contributed by atoms with Crippen molar-refractivity contribution in [3.05, 3.63) is 50.5 Å². The first-order valence-electron chi connectivity index (χ1n) is 6.68. The number of carbonyl (C=O) groups is 1. The van der Waals surface area contributed by atoms with E-state index in [9.17, 15) is 14.9 Å². The molecule has 0 aliphatic carbocycles. The first-order valence-corrected chi connectivity index (χ1v) is 7.06. The van der Waals surface area contributed by atoms with Gasteiger partial charge in [0.1, 0.15) is 5.56 Å². The van der Waals surface area contributed by atoms with Crippen LogP contribution in [0.5, 0.6) is 0 Å². The Labute approximate surface area is 127 Å². The molecular formula is C14H16ClN3O3. The molecule has 0 fully saturated rings.